The Labute approximate surface area is 199 Å². The lowest BCUT2D eigenvalue weighted by atomic mass is 10.1. The van der Waals surface area contributed by atoms with Crippen molar-refractivity contribution in [2.75, 3.05) is 4.90 Å². The number of hydrogen-bond donors (Lipinski definition) is 2. The first-order valence-corrected chi connectivity index (χ1v) is 12.4. The van der Waals surface area contributed by atoms with E-state index >= 15 is 0 Å². The largest absolute Gasteiger partial charge is 0.295 e. The summed E-state index contributed by atoms with van der Waals surface area (Å²) in [5, 5.41) is 0. The maximum Gasteiger partial charge on any atom is 0.295 e. The summed E-state index contributed by atoms with van der Waals surface area (Å²) in [6, 6.07) is 9.61. The second-order valence-electron chi connectivity index (χ2n) is 6.76. The van der Waals surface area contributed by atoms with Gasteiger partial charge in [0, 0.05) is 0 Å². The van der Waals surface area contributed by atoms with E-state index in [0.29, 0.717) is 0 Å². The van der Waals surface area contributed by atoms with Crippen LogP contribution in [-0.2, 0) is 20.2 Å². The number of anilines is 3. The first kappa shape index (κ1) is 24.0. The molecule has 0 radical (unpaired) electrons. The van der Waals surface area contributed by atoms with Crippen molar-refractivity contribution in [2.24, 2.45) is 0 Å². The maximum atomic E-state index is 12.2. The Morgan fingerprint density at radius 1 is 0.657 bits per heavy atom. The van der Waals surface area contributed by atoms with Gasteiger partial charge in [-0.25, -0.2) is 34.8 Å². The van der Waals surface area contributed by atoms with Crippen LogP contribution in [0, 0.1) is 0 Å². The normalized spacial score (nSPS) is 12.1. The van der Waals surface area contributed by atoms with E-state index in [2.05, 4.69) is 29.9 Å². The second kappa shape index (κ2) is 9.59. The average molecular weight is 514 g/mol. The fourth-order valence-corrected chi connectivity index (χ4v) is 4.46. The van der Waals surface area contributed by atoms with E-state index < -0.39 is 25.1 Å². The molecule has 0 saturated carbocycles. The summed E-state index contributed by atoms with van der Waals surface area (Å²) in [6.45, 7) is 0. The van der Waals surface area contributed by atoms with Crippen molar-refractivity contribution < 1.29 is 25.9 Å². The molecule has 35 heavy (non-hydrogen) atoms. The highest BCUT2D eigenvalue weighted by Crippen LogP contribution is 2.32. The molecule has 2 aromatic carbocycles. The molecule has 13 nitrogen and oxygen atoms in total. The van der Waals surface area contributed by atoms with Crippen LogP contribution in [-0.4, -0.2) is 55.8 Å². The molecule has 15 heteroatoms. The number of aromatic nitrogens is 6. The van der Waals surface area contributed by atoms with Gasteiger partial charge in [-0.2, -0.15) is 16.8 Å². The predicted molar refractivity (Wildman–Crippen MR) is 123 cm³/mol. The quantitative estimate of drug-likeness (QED) is 0.270. The summed E-state index contributed by atoms with van der Waals surface area (Å²) in [7, 11) is -9.27. The van der Waals surface area contributed by atoms with Crippen LogP contribution in [0.5, 0.6) is 0 Å². The van der Waals surface area contributed by atoms with Crippen LogP contribution < -0.4 is 4.90 Å². The molecule has 4 aromatic rings. The van der Waals surface area contributed by atoms with Crippen LogP contribution in [0.25, 0.3) is 12.2 Å². The van der Waals surface area contributed by atoms with E-state index in [1.807, 2.05) is 0 Å². The molecule has 0 amide bonds. The van der Waals surface area contributed by atoms with Crippen LogP contribution >= 0.6 is 0 Å². The van der Waals surface area contributed by atoms with Gasteiger partial charge in [-0.1, -0.05) is 36.4 Å². The molecular formula is C20H15N7O6S2. The van der Waals surface area contributed by atoms with Gasteiger partial charge >= 0.3 is 0 Å². The van der Waals surface area contributed by atoms with Gasteiger partial charge in [0.25, 0.3) is 20.2 Å². The first-order chi connectivity index (χ1) is 16.6. The summed E-state index contributed by atoms with van der Waals surface area (Å²) in [6.07, 6.45) is 7.48. The van der Waals surface area contributed by atoms with Gasteiger partial charge in [0.2, 0.25) is 11.9 Å². The van der Waals surface area contributed by atoms with Gasteiger partial charge < -0.3 is 0 Å². The van der Waals surface area contributed by atoms with E-state index in [0.717, 1.165) is 6.07 Å². The Bertz CT molecular complexity index is 1560. The van der Waals surface area contributed by atoms with Gasteiger partial charge in [-0.3, -0.25) is 9.11 Å². The lowest BCUT2D eigenvalue weighted by Gasteiger charge is -2.20. The van der Waals surface area contributed by atoms with Crippen LogP contribution in [0.15, 0.2) is 77.6 Å². The second-order valence-corrected chi connectivity index (χ2v) is 9.54. The third-order valence-electron chi connectivity index (χ3n) is 4.53. The Hall–Kier alpha value is -4.18. The van der Waals surface area contributed by atoms with Crippen molar-refractivity contribution in [1.82, 2.24) is 29.9 Å². The molecule has 2 N–H and O–H groups in total. The number of hydrogen-bond acceptors (Lipinski definition) is 11. The van der Waals surface area contributed by atoms with E-state index in [-0.39, 0.29) is 33.6 Å². The SMILES string of the molecule is O=S(=O)(O)c1ccccc1C=Cc1ccc(N(c2ncncn2)c2ncncn2)cc1S(=O)(=O)O. The summed E-state index contributed by atoms with van der Waals surface area (Å²) < 4.78 is 67.0. The van der Waals surface area contributed by atoms with E-state index in [1.54, 1.807) is 6.07 Å². The Kier molecular flexibility index (Phi) is 6.57. The zero-order valence-electron chi connectivity index (χ0n) is 17.5. The van der Waals surface area contributed by atoms with Gasteiger partial charge in [0.15, 0.2) is 0 Å². The summed E-state index contributed by atoms with van der Waals surface area (Å²) in [5.74, 6) is 0.135. The molecule has 0 bridgehead atoms. The van der Waals surface area contributed by atoms with Crippen molar-refractivity contribution in [3.63, 3.8) is 0 Å². The van der Waals surface area contributed by atoms with Gasteiger partial charge in [0.05, 0.1) is 5.69 Å². The third-order valence-corrected chi connectivity index (χ3v) is 6.37. The number of nitrogens with zero attached hydrogens (tertiary/aromatic N) is 7. The monoisotopic (exact) mass is 513 g/mol. The van der Waals surface area contributed by atoms with Gasteiger partial charge in [-0.05, 0) is 29.3 Å². The molecular weight excluding hydrogens is 498 g/mol. The lowest BCUT2D eigenvalue weighted by molar-refractivity contribution is 0.480. The first-order valence-electron chi connectivity index (χ1n) is 9.55. The van der Waals surface area contributed by atoms with E-state index in [4.69, 9.17) is 0 Å². The minimum Gasteiger partial charge on any atom is -0.282 e. The molecule has 0 aliphatic rings. The third kappa shape index (κ3) is 5.49. The minimum absolute atomic E-state index is 0.0348. The molecule has 0 aliphatic heterocycles. The van der Waals surface area contributed by atoms with Crippen molar-refractivity contribution >= 4 is 50.0 Å². The highest BCUT2D eigenvalue weighted by molar-refractivity contribution is 7.86. The Morgan fingerprint density at radius 2 is 1.14 bits per heavy atom. The fourth-order valence-electron chi connectivity index (χ4n) is 3.07. The Morgan fingerprint density at radius 3 is 1.66 bits per heavy atom. The van der Waals surface area contributed by atoms with Gasteiger partial charge in [0.1, 0.15) is 35.1 Å². The highest BCUT2D eigenvalue weighted by atomic mass is 32.2. The molecule has 0 unspecified atom stereocenters. The van der Waals surface area contributed by atoms with Crippen molar-refractivity contribution in [3.8, 4) is 0 Å². The molecule has 4 rings (SSSR count). The minimum atomic E-state index is -4.75. The Balaban J connectivity index is 1.84. The van der Waals surface area contributed by atoms with Gasteiger partial charge in [-0.15, -0.1) is 0 Å². The van der Waals surface area contributed by atoms with Crippen molar-refractivity contribution in [3.05, 3.63) is 78.9 Å². The topological polar surface area (TPSA) is 189 Å². The standard InChI is InChI=1S/C20H15N7O6S2/c28-34(29,30)17-4-2-1-3-14(17)5-6-15-7-8-16(9-18(15)35(31,32)33)27(19-23-10-21-11-24-19)20-25-12-22-13-26-20/h1-13H,(H,28,29,30)(H,31,32,33). The number of rotatable bonds is 7. The average Bonchev–Trinajstić information content (AvgIpc) is 2.84. The molecule has 2 aromatic heterocycles. The number of benzene rings is 2. The van der Waals surface area contributed by atoms with Crippen LogP contribution in [0.3, 0.4) is 0 Å². The van der Waals surface area contributed by atoms with Crippen LogP contribution in [0.4, 0.5) is 17.6 Å². The van der Waals surface area contributed by atoms with E-state index in [1.165, 1.54) is 72.7 Å². The molecule has 2 heterocycles. The highest BCUT2D eigenvalue weighted by Gasteiger charge is 2.22. The summed E-state index contributed by atoms with van der Waals surface area (Å²) in [4.78, 5) is 24.2. The predicted octanol–water partition coefficient (Wildman–Crippen LogP) is 2.19. The molecule has 0 aliphatic carbocycles. The van der Waals surface area contributed by atoms with Crippen LogP contribution in [0.2, 0.25) is 0 Å². The lowest BCUT2D eigenvalue weighted by Crippen LogP contribution is -2.17. The van der Waals surface area contributed by atoms with E-state index in [9.17, 15) is 25.9 Å². The fraction of sp³-hybridized carbons (Fsp3) is 0. The molecule has 0 atom stereocenters. The zero-order valence-corrected chi connectivity index (χ0v) is 19.1. The molecule has 178 valence electrons. The van der Waals surface area contributed by atoms with Crippen molar-refractivity contribution in [1.29, 1.82) is 0 Å². The molecule has 0 spiro atoms. The summed E-state index contributed by atoms with van der Waals surface area (Å²) >= 11 is 0. The van der Waals surface area contributed by atoms with Crippen LogP contribution in [0.1, 0.15) is 11.1 Å². The molecule has 0 saturated heterocycles. The zero-order chi connectivity index (χ0) is 25.1. The smallest absolute Gasteiger partial charge is 0.282 e. The molecule has 0 fully saturated rings. The van der Waals surface area contributed by atoms with Crippen molar-refractivity contribution in [2.45, 2.75) is 9.79 Å². The maximum absolute atomic E-state index is 12.2. The summed E-state index contributed by atoms with van der Waals surface area (Å²) in [5.41, 5.74) is 0.329.